The fourth-order valence-corrected chi connectivity index (χ4v) is 6.65. The van der Waals surface area contributed by atoms with E-state index in [0.29, 0.717) is 25.0 Å². The summed E-state index contributed by atoms with van der Waals surface area (Å²) in [6, 6.07) is 17.0. The zero-order chi connectivity index (χ0) is 28.4. The molecule has 220 valence electrons. The predicted octanol–water partition coefficient (Wildman–Crippen LogP) is 6.90. The molecule has 1 unspecified atom stereocenters. The topological polar surface area (TPSA) is 82.8 Å². The molecular formula is C32H39FN2O5S. The Kier molecular flexibility index (Phi) is 10.9. The lowest BCUT2D eigenvalue weighted by Gasteiger charge is -2.28. The summed E-state index contributed by atoms with van der Waals surface area (Å²) >= 11 is 1.64. The Morgan fingerprint density at radius 2 is 1.80 bits per heavy atom. The number of ether oxygens (including phenoxy) is 3. The molecule has 1 N–H and O–H groups in total. The van der Waals surface area contributed by atoms with Crippen molar-refractivity contribution in [2.24, 2.45) is 11.8 Å². The number of thioether (sulfide) groups is 1. The first-order valence-corrected chi connectivity index (χ1v) is 15.6. The number of aromatic nitrogens is 2. The van der Waals surface area contributed by atoms with Gasteiger partial charge in [-0.1, -0.05) is 42.5 Å². The monoisotopic (exact) mass is 582 g/mol. The van der Waals surface area contributed by atoms with Crippen LogP contribution in [0, 0.1) is 17.7 Å². The van der Waals surface area contributed by atoms with Crippen LogP contribution in [-0.4, -0.2) is 59.3 Å². The molecule has 1 aliphatic heterocycles. The molecule has 0 bridgehead atoms. The van der Waals surface area contributed by atoms with Gasteiger partial charge in [0, 0.05) is 30.0 Å². The number of hydrogen-bond donors (Lipinski definition) is 1. The van der Waals surface area contributed by atoms with Gasteiger partial charge < -0.3 is 19.3 Å². The Labute approximate surface area is 245 Å². The average Bonchev–Trinajstić information content (AvgIpc) is 3.35. The van der Waals surface area contributed by atoms with Gasteiger partial charge in [0.1, 0.15) is 17.5 Å². The van der Waals surface area contributed by atoms with Gasteiger partial charge in [-0.05, 0) is 74.5 Å². The Balaban J connectivity index is 1.36. The summed E-state index contributed by atoms with van der Waals surface area (Å²) in [4.78, 5) is 10.8. The van der Waals surface area contributed by atoms with Crippen molar-refractivity contribution in [3.05, 3.63) is 60.4 Å². The number of carboxylic acid groups (broad SMARTS) is 1. The minimum atomic E-state index is -0.928. The lowest BCUT2D eigenvalue weighted by atomic mass is 9.82. The van der Waals surface area contributed by atoms with Gasteiger partial charge in [0.15, 0.2) is 6.29 Å². The van der Waals surface area contributed by atoms with Gasteiger partial charge in [-0.25, -0.2) is 9.18 Å². The average molecular weight is 583 g/mol. The second-order valence-electron chi connectivity index (χ2n) is 10.9. The van der Waals surface area contributed by atoms with Crippen molar-refractivity contribution in [2.75, 3.05) is 32.2 Å². The smallest absolute Gasteiger partial charge is 0.329 e. The van der Waals surface area contributed by atoms with Crippen LogP contribution < -0.4 is 0 Å². The highest BCUT2D eigenvalue weighted by Gasteiger charge is 2.27. The summed E-state index contributed by atoms with van der Waals surface area (Å²) in [5.41, 5.74) is 3.81. The summed E-state index contributed by atoms with van der Waals surface area (Å²) in [6.07, 6.45) is 7.09. The summed E-state index contributed by atoms with van der Waals surface area (Å²) in [5.74, 6) is 0.348. The number of aliphatic carboxylic acids is 1. The fraction of sp³-hybridized carbons (Fsp3) is 0.500. The first-order valence-electron chi connectivity index (χ1n) is 14.6. The van der Waals surface area contributed by atoms with Crippen molar-refractivity contribution in [3.63, 3.8) is 0 Å². The van der Waals surface area contributed by atoms with Crippen LogP contribution in [0.15, 0.2) is 59.6 Å². The largest absolute Gasteiger partial charge is 0.480 e. The van der Waals surface area contributed by atoms with E-state index in [-0.39, 0.29) is 18.7 Å². The van der Waals surface area contributed by atoms with Crippen LogP contribution in [0.3, 0.4) is 0 Å². The van der Waals surface area contributed by atoms with Gasteiger partial charge >= 0.3 is 5.97 Å². The number of halogens is 1. The van der Waals surface area contributed by atoms with E-state index in [1.807, 2.05) is 24.3 Å². The van der Waals surface area contributed by atoms with Crippen LogP contribution >= 0.6 is 11.8 Å². The highest BCUT2D eigenvalue weighted by molar-refractivity contribution is 7.99. The first kappa shape index (κ1) is 29.8. The molecule has 2 fully saturated rings. The molecule has 9 heteroatoms. The zero-order valence-corrected chi connectivity index (χ0v) is 24.2. The molecule has 1 aliphatic carbocycles. The lowest BCUT2D eigenvalue weighted by Crippen LogP contribution is -2.23. The molecule has 3 aromatic rings. The van der Waals surface area contributed by atoms with E-state index in [1.165, 1.54) is 6.07 Å². The lowest BCUT2D eigenvalue weighted by molar-refractivity contribution is -0.158. The second-order valence-corrected chi connectivity index (χ2v) is 12.0. The van der Waals surface area contributed by atoms with E-state index in [1.54, 1.807) is 23.9 Å². The van der Waals surface area contributed by atoms with E-state index in [9.17, 15) is 9.18 Å². The van der Waals surface area contributed by atoms with E-state index >= 15 is 0 Å². The minimum Gasteiger partial charge on any atom is -0.480 e. The number of benzene rings is 2. The molecule has 1 saturated heterocycles. The summed E-state index contributed by atoms with van der Waals surface area (Å²) in [6.45, 7) is 2.33. The molecule has 0 amide bonds. The second kappa shape index (κ2) is 15.0. The van der Waals surface area contributed by atoms with Gasteiger partial charge in [-0.2, -0.15) is 5.10 Å². The maximum absolute atomic E-state index is 14.5. The first-order chi connectivity index (χ1) is 20.1. The van der Waals surface area contributed by atoms with Gasteiger partial charge in [-0.15, -0.1) is 11.8 Å². The van der Waals surface area contributed by atoms with E-state index < -0.39 is 5.97 Å². The maximum Gasteiger partial charge on any atom is 0.329 e. The molecule has 1 atom stereocenters. The predicted molar refractivity (Wildman–Crippen MR) is 157 cm³/mol. The van der Waals surface area contributed by atoms with Crippen LogP contribution in [0.2, 0.25) is 0 Å². The standard InChI is InChI=1S/C32H39FN2O5S/c33-27-10-6-9-26(19-27)30-31(25-7-2-1-3-8-25)35(20-23-12-14-24(15-13-23)21-38-22-28(36)37)34-32(30)41-18-17-40-29-11-4-5-16-39-29/h1-3,6-10,19,23-24,29H,4-5,11-18,20-22H2,(H,36,37). The quantitative estimate of drug-likeness (QED) is 0.173. The van der Waals surface area contributed by atoms with E-state index in [0.717, 1.165) is 91.3 Å². The van der Waals surface area contributed by atoms with Crippen molar-refractivity contribution in [2.45, 2.75) is 62.8 Å². The van der Waals surface area contributed by atoms with Crippen molar-refractivity contribution >= 4 is 17.7 Å². The third-order valence-electron chi connectivity index (χ3n) is 7.82. The van der Waals surface area contributed by atoms with Crippen LogP contribution in [0.5, 0.6) is 0 Å². The number of hydrogen-bond acceptors (Lipinski definition) is 6. The number of nitrogens with zero attached hydrogens (tertiary/aromatic N) is 2. The molecule has 5 rings (SSSR count). The Morgan fingerprint density at radius 3 is 2.54 bits per heavy atom. The third kappa shape index (κ3) is 8.41. The van der Waals surface area contributed by atoms with Crippen LogP contribution in [0.4, 0.5) is 4.39 Å². The Bertz CT molecular complexity index is 1260. The molecule has 0 spiro atoms. The molecule has 1 aromatic heterocycles. The molecule has 2 aromatic carbocycles. The van der Waals surface area contributed by atoms with Crippen molar-refractivity contribution in [1.82, 2.24) is 9.78 Å². The van der Waals surface area contributed by atoms with Crippen molar-refractivity contribution < 1.29 is 28.5 Å². The van der Waals surface area contributed by atoms with Crippen LogP contribution in [-0.2, 0) is 25.5 Å². The highest BCUT2D eigenvalue weighted by atomic mass is 32.2. The molecule has 41 heavy (non-hydrogen) atoms. The van der Waals surface area contributed by atoms with Crippen LogP contribution in [0.1, 0.15) is 44.9 Å². The van der Waals surface area contributed by atoms with E-state index in [4.69, 9.17) is 24.4 Å². The third-order valence-corrected chi connectivity index (χ3v) is 8.75. The van der Waals surface area contributed by atoms with Gasteiger partial charge in [0.2, 0.25) is 0 Å². The van der Waals surface area contributed by atoms with E-state index in [2.05, 4.69) is 16.8 Å². The molecule has 0 radical (unpaired) electrons. The molecule has 7 nitrogen and oxygen atoms in total. The molecular weight excluding hydrogens is 543 g/mol. The Morgan fingerprint density at radius 1 is 1.02 bits per heavy atom. The maximum atomic E-state index is 14.5. The Hall–Kier alpha value is -2.72. The highest BCUT2D eigenvalue weighted by Crippen LogP contribution is 2.41. The summed E-state index contributed by atoms with van der Waals surface area (Å²) in [5, 5.41) is 14.9. The summed E-state index contributed by atoms with van der Waals surface area (Å²) < 4.78 is 33.6. The van der Waals surface area contributed by atoms with Crippen molar-refractivity contribution in [3.8, 4) is 22.4 Å². The number of rotatable bonds is 13. The molecule has 2 aliphatic rings. The fourth-order valence-electron chi connectivity index (χ4n) is 5.77. The molecule has 1 saturated carbocycles. The van der Waals surface area contributed by atoms with Gasteiger partial charge in [0.05, 0.1) is 18.9 Å². The molecule has 2 heterocycles. The SMILES string of the molecule is O=C(O)COCC1CCC(Cn2nc(SCCOC3CCCCO3)c(-c3cccc(F)c3)c2-c2ccccc2)CC1. The number of carboxylic acids is 1. The van der Waals surface area contributed by atoms with Gasteiger partial charge in [0.25, 0.3) is 0 Å². The number of carbonyl (C=O) groups is 1. The van der Waals surface area contributed by atoms with Crippen molar-refractivity contribution in [1.29, 1.82) is 0 Å². The van der Waals surface area contributed by atoms with Gasteiger partial charge in [-0.3, -0.25) is 4.68 Å². The zero-order valence-electron chi connectivity index (χ0n) is 23.4. The minimum absolute atomic E-state index is 0.130. The summed E-state index contributed by atoms with van der Waals surface area (Å²) in [7, 11) is 0. The van der Waals surface area contributed by atoms with Crippen LogP contribution in [0.25, 0.3) is 22.4 Å². The normalized spacial score (nSPS) is 21.1.